The summed E-state index contributed by atoms with van der Waals surface area (Å²) in [6, 6.07) is 72.5. The second-order valence-corrected chi connectivity index (χ2v) is 14.4. The lowest BCUT2D eigenvalue weighted by atomic mass is 9.92. The van der Waals surface area contributed by atoms with Crippen molar-refractivity contribution < 1.29 is 0 Å². The van der Waals surface area contributed by atoms with Crippen molar-refractivity contribution in [1.82, 2.24) is 19.5 Å². The van der Waals surface area contributed by atoms with Gasteiger partial charge in [0.1, 0.15) is 0 Å². The second-order valence-electron chi connectivity index (χ2n) is 14.4. The highest BCUT2D eigenvalue weighted by atomic mass is 15.0. The van der Waals surface area contributed by atoms with Crippen LogP contribution in [-0.2, 0) is 0 Å². The van der Waals surface area contributed by atoms with E-state index in [4.69, 9.17) is 15.0 Å². The Balaban J connectivity index is 1.06. The molecule has 11 rings (SSSR count). The Bertz CT molecular complexity index is 3200. The summed E-state index contributed by atoms with van der Waals surface area (Å²) in [5, 5.41) is 5.79. The number of pyridine rings is 1. The Morgan fingerprint density at radius 3 is 1.63 bits per heavy atom. The fourth-order valence-corrected chi connectivity index (χ4v) is 8.38. The maximum atomic E-state index is 5.36. The molecule has 4 heteroatoms. The van der Waals surface area contributed by atoms with Crippen LogP contribution in [0.3, 0.4) is 0 Å². The van der Waals surface area contributed by atoms with Gasteiger partial charge in [-0.1, -0.05) is 176 Å². The highest BCUT2D eigenvalue weighted by Crippen LogP contribution is 2.42. The van der Waals surface area contributed by atoms with Gasteiger partial charge in [-0.15, -0.1) is 0 Å². The van der Waals surface area contributed by atoms with Gasteiger partial charge in [0.25, 0.3) is 0 Å². The van der Waals surface area contributed by atoms with Crippen molar-refractivity contribution in [2.75, 3.05) is 0 Å². The number of benzene rings is 8. The van der Waals surface area contributed by atoms with Crippen LogP contribution in [0.1, 0.15) is 0 Å². The summed E-state index contributed by atoms with van der Waals surface area (Å²) >= 11 is 0. The van der Waals surface area contributed by atoms with E-state index >= 15 is 0 Å². The van der Waals surface area contributed by atoms with Crippen molar-refractivity contribution in [3.63, 3.8) is 0 Å². The first-order valence-electron chi connectivity index (χ1n) is 19.3. The molecule has 3 heterocycles. The number of rotatable bonds is 6. The maximum Gasteiger partial charge on any atom is 0.160 e. The molecular weight excluding hydrogens is 693 g/mol. The highest BCUT2D eigenvalue weighted by Gasteiger charge is 2.21. The molecular formula is C53H34N4. The summed E-state index contributed by atoms with van der Waals surface area (Å²) in [6.45, 7) is 0. The van der Waals surface area contributed by atoms with Gasteiger partial charge in [0.2, 0.25) is 0 Å². The van der Waals surface area contributed by atoms with Gasteiger partial charge in [-0.2, -0.15) is 0 Å². The number of hydrogen-bond donors (Lipinski definition) is 0. The second kappa shape index (κ2) is 13.6. The minimum atomic E-state index is 0.707. The number of para-hydroxylation sites is 3. The average molecular weight is 727 g/mol. The molecule has 0 saturated carbocycles. The van der Waals surface area contributed by atoms with Crippen LogP contribution in [0.25, 0.3) is 105 Å². The predicted octanol–water partition coefficient (Wildman–Crippen LogP) is 13.6. The molecule has 266 valence electrons. The van der Waals surface area contributed by atoms with Crippen molar-refractivity contribution >= 4 is 43.5 Å². The molecule has 57 heavy (non-hydrogen) atoms. The molecule has 0 aliphatic carbocycles. The molecule has 0 bridgehead atoms. The lowest BCUT2D eigenvalue weighted by Gasteiger charge is -2.14. The molecule has 0 radical (unpaired) electrons. The van der Waals surface area contributed by atoms with Crippen molar-refractivity contribution in [3.05, 3.63) is 206 Å². The molecule has 0 unspecified atom stereocenters. The van der Waals surface area contributed by atoms with Crippen LogP contribution in [0.15, 0.2) is 206 Å². The Morgan fingerprint density at radius 2 is 0.895 bits per heavy atom. The molecule has 11 aromatic rings. The SMILES string of the molecule is c1ccc(-c2cc(-c3ccc(-c4ccc(-c5nc6ccccc6c6c5c5ccccc5n6-c5ccccc5)cc4)c4ccccc34)nc(-c3ccccc3)n2)cc1. The van der Waals surface area contributed by atoms with Crippen molar-refractivity contribution in [3.8, 4) is 62.0 Å². The van der Waals surface area contributed by atoms with Crippen LogP contribution in [0.4, 0.5) is 0 Å². The summed E-state index contributed by atoms with van der Waals surface area (Å²) < 4.78 is 2.39. The minimum absolute atomic E-state index is 0.707. The standard InChI is InChI=1S/C53H34N4/c1-4-16-36(17-5-1)47-34-48(56-53(55-47)38-18-6-2-7-19-38)43-33-32-40(41-22-10-11-23-42(41)43)35-28-30-37(31-29-35)51-50-45-25-13-15-27-49(45)57(39-20-8-3-9-21-39)52(50)44-24-12-14-26-46(44)54-51/h1-34H. The Kier molecular flexibility index (Phi) is 7.78. The molecule has 3 aromatic heterocycles. The molecule has 0 atom stereocenters. The predicted molar refractivity (Wildman–Crippen MR) is 236 cm³/mol. The Labute approximate surface area is 330 Å². The van der Waals surface area contributed by atoms with Gasteiger partial charge in [-0.05, 0) is 52.2 Å². The third-order valence-corrected chi connectivity index (χ3v) is 11.0. The van der Waals surface area contributed by atoms with Gasteiger partial charge in [0.15, 0.2) is 5.82 Å². The molecule has 0 spiro atoms. The summed E-state index contributed by atoms with van der Waals surface area (Å²) in [5.74, 6) is 0.707. The molecule has 0 aliphatic rings. The van der Waals surface area contributed by atoms with E-state index in [0.717, 1.165) is 77.8 Å². The zero-order valence-electron chi connectivity index (χ0n) is 30.9. The zero-order valence-corrected chi connectivity index (χ0v) is 30.9. The van der Waals surface area contributed by atoms with E-state index in [-0.39, 0.29) is 0 Å². The van der Waals surface area contributed by atoms with E-state index in [1.165, 1.54) is 21.9 Å². The summed E-state index contributed by atoms with van der Waals surface area (Å²) in [4.78, 5) is 15.6. The van der Waals surface area contributed by atoms with Crippen molar-refractivity contribution in [1.29, 1.82) is 0 Å². The van der Waals surface area contributed by atoms with E-state index < -0.39 is 0 Å². The Hall–Kier alpha value is -7.69. The van der Waals surface area contributed by atoms with Crippen LogP contribution in [-0.4, -0.2) is 19.5 Å². The third-order valence-electron chi connectivity index (χ3n) is 11.0. The highest BCUT2D eigenvalue weighted by molar-refractivity contribution is 6.22. The molecule has 0 N–H and O–H groups in total. The summed E-state index contributed by atoms with van der Waals surface area (Å²) in [5.41, 5.74) is 13.7. The number of fused-ring (bicyclic) bond motifs is 6. The third kappa shape index (κ3) is 5.58. The van der Waals surface area contributed by atoms with Crippen LogP contribution in [0.2, 0.25) is 0 Å². The molecule has 4 nitrogen and oxygen atoms in total. The lowest BCUT2D eigenvalue weighted by Crippen LogP contribution is -1.96. The van der Waals surface area contributed by atoms with E-state index in [1.807, 2.05) is 24.3 Å². The molecule has 8 aromatic carbocycles. The van der Waals surface area contributed by atoms with E-state index in [9.17, 15) is 0 Å². The number of aromatic nitrogens is 4. The first-order valence-corrected chi connectivity index (χ1v) is 19.3. The van der Waals surface area contributed by atoms with Crippen LogP contribution in [0.5, 0.6) is 0 Å². The quantitative estimate of drug-likeness (QED) is 0.171. The van der Waals surface area contributed by atoms with Crippen LogP contribution in [0, 0.1) is 0 Å². The monoisotopic (exact) mass is 726 g/mol. The molecule has 0 amide bonds. The van der Waals surface area contributed by atoms with Gasteiger partial charge in [-0.25, -0.2) is 15.0 Å². The first kappa shape index (κ1) is 32.7. The minimum Gasteiger partial charge on any atom is -0.308 e. The fourth-order valence-electron chi connectivity index (χ4n) is 8.38. The van der Waals surface area contributed by atoms with Crippen LogP contribution >= 0.6 is 0 Å². The average Bonchev–Trinajstić information content (AvgIpc) is 3.65. The largest absolute Gasteiger partial charge is 0.308 e. The van der Waals surface area contributed by atoms with Gasteiger partial charge >= 0.3 is 0 Å². The zero-order chi connectivity index (χ0) is 37.7. The van der Waals surface area contributed by atoms with E-state index in [2.05, 4.69) is 187 Å². The lowest BCUT2D eigenvalue weighted by molar-refractivity contribution is 1.18. The van der Waals surface area contributed by atoms with Gasteiger partial charge in [-0.3, -0.25) is 0 Å². The van der Waals surface area contributed by atoms with Crippen LogP contribution < -0.4 is 0 Å². The van der Waals surface area contributed by atoms with Crippen molar-refractivity contribution in [2.45, 2.75) is 0 Å². The maximum absolute atomic E-state index is 5.36. The summed E-state index contributed by atoms with van der Waals surface area (Å²) in [7, 11) is 0. The Morgan fingerprint density at radius 1 is 0.351 bits per heavy atom. The fraction of sp³-hybridized carbons (Fsp3) is 0. The topological polar surface area (TPSA) is 43.6 Å². The van der Waals surface area contributed by atoms with E-state index in [0.29, 0.717) is 5.82 Å². The number of hydrogen-bond acceptors (Lipinski definition) is 3. The van der Waals surface area contributed by atoms with Gasteiger partial charge < -0.3 is 4.57 Å². The molecule has 0 aliphatic heterocycles. The summed E-state index contributed by atoms with van der Waals surface area (Å²) in [6.07, 6.45) is 0. The first-order chi connectivity index (χ1) is 28.3. The molecule has 0 saturated heterocycles. The van der Waals surface area contributed by atoms with Crippen molar-refractivity contribution in [2.24, 2.45) is 0 Å². The van der Waals surface area contributed by atoms with E-state index in [1.54, 1.807) is 0 Å². The normalized spacial score (nSPS) is 11.5. The smallest absolute Gasteiger partial charge is 0.160 e. The van der Waals surface area contributed by atoms with Gasteiger partial charge in [0, 0.05) is 44.1 Å². The molecule has 0 fully saturated rings. The van der Waals surface area contributed by atoms with Gasteiger partial charge in [0.05, 0.1) is 33.6 Å². The number of nitrogens with zero attached hydrogens (tertiary/aromatic N) is 4.